The molecule has 0 bridgehead atoms. The molecule has 1 aliphatic heterocycles. The van der Waals surface area contributed by atoms with Gasteiger partial charge in [0.15, 0.2) is 0 Å². The van der Waals surface area contributed by atoms with Crippen molar-refractivity contribution in [2.45, 2.75) is 17.9 Å². The lowest BCUT2D eigenvalue weighted by Crippen LogP contribution is -2.30. The molecule has 1 aromatic rings. The van der Waals surface area contributed by atoms with Crippen LogP contribution >= 0.6 is 27.7 Å². The monoisotopic (exact) mass is 286 g/mol. The number of rotatable bonds is 3. The highest BCUT2D eigenvalue weighted by atomic mass is 79.9. The van der Waals surface area contributed by atoms with Crippen LogP contribution in [0.5, 0.6) is 0 Å². The van der Waals surface area contributed by atoms with Gasteiger partial charge in [0.2, 0.25) is 0 Å². The average Bonchev–Trinajstić information content (AvgIpc) is 2.28. The maximum atomic E-state index is 4.42. The number of halogens is 1. The zero-order valence-corrected chi connectivity index (χ0v) is 11.0. The Morgan fingerprint density at radius 2 is 2.47 bits per heavy atom. The Morgan fingerprint density at radius 1 is 1.53 bits per heavy atom. The fraction of sp³-hybridized carbons (Fsp3) is 0.545. The molecule has 2 rings (SSSR count). The maximum absolute atomic E-state index is 4.42. The normalized spacial score (nSPS) is 21.5. The second-order valence-corrected chi connectivity index (χ2v) is 5.67. The molecule has 82 valence electrons. The van der Waals surface area contributed by atoms with Gasteiger partial charge in [-0.15, -0.1) is 11.8 Å². The average molecular weight is 287 g/mol. The third kappa shape index (κ3) is 3.78. The number of nitrogens with one attached hydrogen (secondary N) is 1. The fourth-order valence-corrected chi connectivity index (χ4v) is 3.23. The van der Waals surface area contributed by atoms with E-state index < -0.39 is 0 Å². The second kappa shape index (κ2) is 5.87. The third-order valence-electron chi connectivity index (χ3n) is 2.56. The highest BCUT2D eigenvalue weighted by molar-refractivity contribution is 9.10. The number of piperidine rings is 1. The van der Waals surface area contributed by atoms with Crippen LogP contribution in [0.25, 0.3) is 0 Å². The summed E-state index contributed by atoms with van der Waals surface area (Å²) in [6.45, 7) is 2.36. The fourth-order valence-electron chi connectivity index (χ4n) is 1.74. The topological polar surface area (TPSA) is 24.9 Å². The van der Waals surface area contributed by atoms with Crippen molar-refractivity contribution in [1.29, 1.82) is 0 Å². The summed E-state index contributed by atoms with van der Waals surface area (Å²) in [6, 6.07) is 6.08. The standard InChI is InChI=1S/C11H15BrN2S/c12-10-4-1-5-11(14-10)15-8-9-3-2-6-13-7-9/h1,4-5,9,13H,2-3,6-8H2/t9-/m0/s1. The molecule has 1 aliphatic rings. The van der Waals surface area contributed by atoms with E-state index in [0.29, 0.717) is 0 Å². The summed E-state index contributed by atoms with van der Waals surface area (Å²) in [4.78, 5) is 4.42. The van der Waals surface area contributed by atoms with Crippen molar-refractivity contribution in [2.75, 3.05) is 18.8 Å². The lowest BCUT2D eigenvalue weighted by atomic mass is 10.0. The molecule has 1 N–H and O–H groups in total. The van der Waals surface area contributed by atoms with Crippen molar-refractivity contribution in [3.05, 3.63) is 22.8 Å². The number of hydrogen-bond acceptors (Lipinski definition) is 3. The number of aromatic nitrogens is 1. The van der Waals surface area contributed by atoms with E-state index in [0.717, 1.165) is 15.5 Å². The van der Waals surface area contributed by atoms with Crippen molar-refractivity contribution >= 4 is 27.7 Å². The van der Waals surface area contributed by atoms with Crippen LogP contribution in [0.4, 0.5) is 0 Å². The lowest BCUT2D eigenvalue weighted by Gasteiger charge is -2.21. The third-order valence-corrected chi connectivity index (χ3v) is 4.16. The molecule has 0 aromatic carbocycles. The number of hydrogen-bond donors (Lipinski definition) is 1. The lowest BCUT2D eigenvalue weighted by molar-refractivity contribution is 0.410. The second-order valence-electron chi connectivity index (χ2n) is 3.82. The first-order chi connectivity index (χ1) is 7.34. The van der Waals surface area contributed by atoms with Crippen molar-refractivity contribution in [2.24, 2.45) is 5.92 Å². The zero-order chi connectivity index (χ0) is 10.5. The summed E-state index contributed by atoms with van der Waals surface area (Å²) in [7, 11) is 0. The molecule has 0 radical (unpaired) electrons. The van der Waals surface area contributed by atoms with Gasteiger partial charge < -0.3 is 5.32 Å². The molecule has 15 heavy (non-hydrogen) atoms. The minimum atomic E-state index is 0.810. The largest absolute Gasteiger partial charge is 0.316 e. The van der Waals surface area contributed by atoms with E-state index in [-0.39, 0.29) is 0 Å². The Balaban J connectivity index is 1.81. The highest BCUT2D eigenvalue weighted by Gasteiger charge is 2.13. The smallest absolute Gasteiger partial charge is 0.107 e. The molecule has 0 saturated carbocycles. The van der Waals surface area contributed by atoms with E-state index in [9.17, 15) is 0 Å². The van der Waals surface area contributed by atoms with Gasteiger partial charge in [-0.25, -0.2) is 4.98 Å². The predicted octanol–water partition coefficient (Wildman–Crippen LogP) is 2.94. The number of pyridine rings is 1. The van der Waals surface area contributed by atoms with Crippen LogP contribution in [0.1, 0.15) is 12.8 Å². The Bertz CT molecular complexity index is 313. The van der Waals surface area contributed by atoms with Gasteiger partial charge in [-0.3, -0.25) is 0 Å². The number of nitrogens with zero attached hydrogens (tertiary/aromatic N) is 1. The van der Waals surface area contributed by atoms with Crippen molar-refractivity contribution in [3.8, 4) is 0 Å². The Hall–Kier alpha value is -0.0600. The van der Waals surface area contributed by atoms with Crippen LogP contribution in [0, 0.1) is 5.92 Å². The van der Waals surface area contributed by atoms with Crippen LogP contribution < -0.4 is 5.32 Å². The predicted molar refractivity (Wildman–Crippen MR) is 68.3 cm³/mol. The van der Waals surface area contributed by atoms with E-state index in [4.69, 9.17) is 0 Å². The summed E-state index contributed by atoms with van der Waals surface area (Å²) in [5.74, 6) is 1.99. The van der Waals surface area contributed by atoms with Crippen LogP contribution in [0.2, 0.25) is 0 Å². The molecule has 4 heteroatoms. The van der Waals surface area contributed by atoms with E-state index in [2.05, 4.69) is 32.3 Å². The van der Waals surface area contributed by atoms with Gasteiger partial charge in [-0.05, 0) is 59.9 Å². The van der Waals surface area contributed by atoms with Crippen LogP contribution in [-0.2, 0) is 0 Å². The molecule has 1 saturated heterocycles. The summed E-state index contributed by atoms with van der Waals surface area (Å²) < 4.78 is 0.925. The summed E-state index contributed by atoms with van der Waals surface area (Å²) >= 11 is 5.25. The van der Waals surface area contributed by atoms with E-state index in [1.165, 1.54) is 31.7 Å². The summed E-state index contributed by atoms with van der Waals surface area (Å²) in [6.07, 6.45) is 2.67. The molecule has 1 atom stereocenters. The van der Waals surface area contributed by atoms with Gasteiger partial charge in [0.1, 0.15) is 4.60 Å². The summed E-state index contributed by atoms with van der Waals surface area (Å²) in [5, 5.41) is 4.56. The van der Waals surface area contributed by atoms with Crippen molar-refractivity contribution in [3.63, 3.8) is 0 Å². The maximum Gasteiger partial charge on any atom is 0.107 e. The minimum absolute atomic E-state index is 0.810. The van der Waals surface area contributed by atoms with Gasteiger partial charge in [0.05, 0.1) is 5.03 Å². The first-order valence-electron chi connectivity index (χ1n) is 5.30. The Kier molecular flexibility index (Phi) is 4.47. The van der Waals surface area contributed by atoms with Crippen LogP contribution in [0.3, 0.4) is 0 Å². The van der Waals surface area contributed by atoms with Crippen LogP contribution in [0.15, 0.2) is 27.8 Å². The van der Waals surface area contributed by atoms with E-state index in [1.807, 2.05) is 23.9 Å². The Labute approximate surface area is 103 Å². The quantitative estimate of drug-likeness (QED) is 0.683. The van der Waals surface area contributed by atoms with Crippen molar-refractivity contribution in [1.82, 2.24) is 10.3 Å². The SMILES string of the molecule is Brc1cccc(SC[C@H]2CCCNC2)n1. The van der Waals surface area contributed by atoms with Gasteiger partial charge >= 0.3 is 0 Å². The molecule has 1 fully saturated rings. The van der Waals surface area contributed by atoms with Gasteiger partial charge in [-0.2, -0.15) is 0 Å². The molecule has 0 aliphatic carbocycles. The Morgan fingerprint density at radius 3 is 3.20 bits per heavy atom. The molecular weight excluding hydrogens is 272 g/mol. The first kappa shape index (κ1) is 11.4. The molecule has 1 aromatic heterocycles. The molecule has 0 amide bonds. The van der Waals surface area contributed by atoms with Gasteiger partial charge in [0.25, 0.3) is 0 Å². The van der Waals surface area contributed by atoms with Crippen LogP contribution in [-0.4, -0.2) is 23.8 Å². The first-order valence-corrected chi connectivity index (χ1v) is 7.08. The van der Waals surface area contributed by atoms with E-state index >= 15 is 0 Å². The van der Waals surface area contributed by atoms with Gasteiger partial charge in [0, 0.05) is 5.75 Å². The molecule has 2 heterocycles. The molecular formula is C11H15BrN2S. The summed E-state index contributed by atoms with van der Waals surface area (Å²) in [5.41, 5.74) is 0. The van der Waals surface area contributed by atoms with Crippen molar-refractivity contribution < 1.29 is 0 Å². The van der Waals surface area contributed by atoms with Gasteiger partial charge in [-0.1, -0.05) is 6.07 Å². The highest BCUT2D eigenvalue weighted by Crippen LogP contribution is 2.23. The zero-order valence-electron chi connectivity index (χ0n) is 8.58. The minimum Gasteiger partial charge on any atom is -0.316 e. The molecule has 0 unspecified atom stereocenters. The molecule has 0 spiro atoms. The number of thioether (sulfide) groups is 1. The van der Waals surface area contributed by atoms with E-state index in [1.54, 1.807) is 0 Å². The molecule has 2 nitrogen and oxygen atoms in total.